The second-order valence-corrected chi connectivity index (χ2v) is 8.78. The summed E-state index contributed by atoms with van der Waals surface area (Å²) >= 11 is 0. The number of fused-ring (bicyclic) bond motifs is 1. The van der Waals surface area contributed by atoms with E-state index in [1.807, 2.05) is 25.1 Å². The first-order valence-corrected chi connectivity index (χ1v) is 11.7. The van der Waals surface area contributed by atoms with Crippen LogP contribution in [0.1, 0.15) is 41.9 Å². The number of amides is 1. The van der Waals surface area contributed by atoms with Crippen molar-refractivity contribution in [1.82, 2.24) is 20.2 Å². The molecule has 10 heteroatoms. The standard InChI is InChI=1S/C23H34N8O2/c1-15-6-7-17-16(14-15)20(28-18-4-2-3-5-19(18)29-23(24)25)30-21(27-17)22(32)26-8-9-31-10-12-33-13-11-31/h6-7,14,18-19H,2-5,8-13H2,1H3,(H,26,32)(H4,24,25,29)(H,27,28,30)/t18-,19+/m0/s1. The van der Waals surface area contributed by atoms with Gasteiger partial charge in [-0.05, 0) is 31.9 Å². The van der Waals surface area contributed by atoms with E-state index in [1.165, 1.54) is 0 Å². The van der Waals surface area contributed by atoms with Crippen molar-refractivity contribution in [3.63, 3.8) is 0 Å². The first-order chi connectivity index (χ1) is 16.0. The Balaban J connectivity index is 1.54. The molecule has 1 aromatic heterocycles. The number of aromatic nitrogens is 2. The minimum Gasteiger partial charge on any atom is -0.379 e. The monoisotopic (exact) mass is 454 g/mol. The van der Waals surface area contributed by atoms with Crippen LogP contribution in [0.4, 0.5) is 5.82 Å². The molecule has 1 amide bonds. The van der Waals surface area contributed by atoms with Crippen LogP contribution in [-0.4, -0.2) is 78.2 Å². The van der Waals surface area contributed by atoms with Gasteiger partial charge in [-0.3, -0.25) is 9.69 Å². The first-order valence-electron chi connectivity index (χ1n) is 11.7. The second kappa shape index (κ2) is 10.8. The summed E-state index contributed by atoms with van der Waals surface area (Å²) in [5.74, 6) is 0.616. The van der Waals surface area contributed by atoms with Crippen LogP contribution in [-0.2, 0) is 4.74 Å². The second-order valence-electron chi connectivity index (χ2n) is 8.78. The third-order valence-electron chi connectivity index (χ3n) is 6.24. The molecule has 4 rings (SSSR count). The average molecular weight is 455 g/mol. The zero-order valence-corrected chi connectivity index (χ0v) is 19.2. The summed E-state index contributed by atoms with van der Waals surface area (Å²) in [5.41, 5.74) is 13.2. The Morgan fingerprint density at radius 1 is 1.21 bits per heavy atom. The summed E-state index contributed by atoms with van der Waals surface area (Å²) < 4.78 is 5.37. The van der Waals surface area contributed by atoms with Crippen LogP contribution in [0.3, 0.4) is 0 Å². The lowest BCUT2D eigenvalue weighted by Gasteiger charge is -2.30. The molecular formula is C23H34N8O2. The van der Waals surface area contributed by atoms with Crippen molar-refractivity contribution in [2.24, 2.45) is 16.5 Å². The van der Waals surface area contributed by atoms with E-state index in [-0.39, 0.29) is 29.8 Å². The zero-order chi connectivity index (χ0) is 23.2. The SMILES string of the molecule is Cc1ccc2nc(C(=O)NCCN3CCOCC3)nc(N[C@H]3CCCC[C@H]3N=C(N)N)c2c1. The number of carbonyl (C=O) groups excluding carboxylic acids is 1. The van der Waals surface area contributed by atoms with Crippen LogP contribution in [0.2, 0.25) is 0 Å². The Kier molecular flexibility index (Phi) is 7.56. The lowest BCUT2D eigenvalue weighted by atomic mass is 9.90. The summed E-state index contributed by atoms with van der Waals surface area (Å²) in [6, 6.07) is 5.97. The number of aryl methyl sites for hydroxylation is 1. The number of benzene rings is 1. The summed E-state index contributed by atoms with van der Waals surface area (Å²) in [5, 5.41) is 7.38. The Morgan fingerprint density at radius 2 is 2.00 bits per heavy atom. The molecule has 0 unspecified atom stereocenters. The third-order valence-corrected chi connectivity index (χ3v) is 6.24. The molecule has 2 heterocycles. The molecule has 0 bridgehead atoms. The molecule has 178 valence electrons. The van der Waals surface area contributed by atoms with Gasteiger partial charge in [0.05, 0.1) is 30.8 Å². The fourth-order valence-corrected chi connectivity index (χ4v) is 4.49. The quantitative estimate of drug-likeness (QED) is 0.358. The van der Waals surface area contributed by atoms with E-state index in [9.17, 15) is 4.79 Å². The van der Waals surface area contributed by atoms with Crippen LogP contribution < -0.4 is 22.1 Å². The Labute approximate surface area is 194 Å². The zero-order valence-electron chi connectivity index (χ0n) is 19.2. The van der Waals surface area contributed by atoms with Crippen molar-refractivity contribution in [3.8, 4) is 0 Å². The van der Waals surface area contributed by atoms with Gasteiger partial charge in [0.15, 0.2) is 5.96 Å². The molecule has 2 atom stereocenters. The molecule has 1 saturated carbocycles. The van der Waals surface area contributed by atoms with Gasteiger partial charge in [-0.15, -0.1) is 0 Å². The maximum atomic E-state index is 12.9. The molecular weight excluding hydrogens is 420 g/mol. The molecule has 10 nitrogen and oxygen atoms in total. The van der Waals surface area contributed by atoms with Crippen molar-refractivity contribution in [1.29, 1.82) is 0 Å². The molecule has 1 aliphatic heterocycles. The molecule has 0 radical (unpaired) electrons. The number of hydrogen-bond donors (Lipinski definition) is 4. The van der Waals surface area contributed by atoms with Gasteiger partial charge in [-0.1, -0.05) is 24.5 Å². The van der Waals surface area contributed by atoms with E-state index in [2.05, 4.69) is 30.5 Å². The maximum absolute atomic E-state index is 12.9. The predicted molar refractivity (Wildman–Crippen MR) is 129 cm³/mol. The Hall–Kier alpha value is -2.98. The van der Waals surface area contributed by atoms with Crippen molar-refractivity contribution >= 4 is 28.6 Å². The minimum atomic E-state index is -0.279. The molecule has 6 N–H and O–H groups in total. The topological polar surface area (TPSA) is 144 Å². The van der Waals surface area contributed by atoms with Crippen LogP contribution in [0.25, 0.3) is 10.9 Å². The fourth-order valence-electron chi connectivity index (χ4n) is 4.49. The van der Waals surface area contributed by atoms with E-state index in [1.54, 1.807) is 0 Å². The largest absolute Gasteiger partial charge is 0.379 e. The number of anilines is 1. The van der Waals surface area contributed by atoms with E-state index in [0.717, 1.165) is 75.0 Å². The molecule has 2 fully saturated rings. The molecule has 2 aliphatic rings. The number of nitrogens with zero attached hydrogens (tertiary/aromatic N) is 4. The van der Waals surface area contributed by atoms with Gasteiger partial charge in [0.25, 0.3) is 5.91 Å². The highest BCUT2D eigenvalue weighted by atomic mass is 16.5. The van der Waals surface area contributed by atoms with Crippen LogP contribution >= 0.6 is 0 Å². The number of rotatable bonds is 7. The molecule has 1 aromatic carbocycles. The van der Waals surface area contributed by atoms with Crippen molar-refractivity contribution in [2.75, 3.05) is 44.7 Å². The fraction of sp³-hybridized carbons (Fsp3) is 0.565. The van der Waals surface area contributed by atoms with Crippen LogP contribution in [0.15, 0.2) is 23.2 Å². The number of nitrogens with two attached hydrogens (primary N) is 2. The van der Waals surface area contributed by atoms with Gasteiger partial charge in [-0.25, -0.2) is 15.0 Å². The normalized spacial score (nSPS) is 21.5. The van der Waals surface area contributed by atoms with E-state index < -0.39 is 0 Å². The Bertz CT molecular complexity index is 1000. The average Bonchev–Trinajstić information content (AvgIpc) is 2.81. The molecule has 1 saturated heterocycles. The van der Waals surface area contributed by atoms with Gasteiger partial charge in [0, 0.05) is 31.6 Å². The van der Waals surface area contributed by atoms with Gasteiger partial charge < -0.3 is 26.8 Å². The van der Waals surface area contributed by atoms with Crippen molar-refractivity contribution in [2.45, 2.75) is 44.7 Å². The summed E-state index contributed by atoms with van der Waals surface area (Å²) in [6.45, 7) is 6.57. The Morgan fingerprint density at radius 3 is 2.79 bits per heavy atom. The van der Waals surface area contributed by atoms with Crippen LogP contribution in [0, 0.1) is 6.92 Å². The number of guanidine groups is 1. The smallest absolute Gasteiger partial charge is 0.289 e. The number of hydrogen-bond acceptors (Lipinski definition) is 7. The number of ether oxygens (including phenoxy) is 1. The van der Waals surface area contributed by atoms with Crippen LogP contribution in [0.5, 0.6) is 0 Å². The van der Waals surface area contributed by atoms with E-state index in [4.69, 9.17) is 16.2 Å². The summed E-state index contributed by atoms with van der Waals surface area (Å²) in [6.07, 6.45) is 4.01. The summed E-state index contributed by atoms with van der Waals surface area (Å²) in [4.78, 5) is 28.8. The molecule has 0 spiro atoms. The third kappa shape index (κ3) is 6.08. The molecule has 33 heavy (non-hydrogen) atoms. The number of morpholine rings is 1. The lowest BCUT2D eigenvalue weighted by Crippen LogP contribution is -2.41. The van der Waals surface area contributed by atoms with E-state index in [0.29, 0.717) is 12.4 Å². The van der Waals surface area contributed by atoms with Gasteiger partial charge >= 0.3 is 0 Å². The number of aliphatic imine (C=N–C) groups is 1. The van der Waals surface area contributed by atoms with E-state index >= 15 is 0 Å². The highest BCUT2D eigenvalue weighted by Gasteiger charge is 2.26. The highest BCUT2D eigenvalue weighted by molar-refractivity contribution is 5.96. The lowest BCUT2D eigenvalue weighted by molar-refractivity contribution is 0.0383. The maximum Gasteiger partial charge on any atom is 0.289 e. The molecule has 1 aliphatic carbocycles. The molecule has 2 aromatic rings. The van der Waals surface area contributed by atoms with Crippen molar-refractivity contribution in [3.05, 3.63) is 29.6 Å². The highest BCUT2D eigenvalue weighted by Crippen LogP contribution is 2.28. The predicted octanol–water partition coefficient (Wildman–Crippen LogP) is 0.997. The first kappa shape index (κ1) is 23.2. The summed E-state index contributed by atoms with van der Waals surface area (Å²) in [7, 11) is 0. The van der Waals surface area contributed by atoms with Gasteiger partial charge in [0.1, 0.15) is 5.82 Å². The van der Waals surface area contributed by atoms with Crippen molar-refractivity contribution < 1.29 is 9.53 Å². The van der Waals surface area contributed by atoms with Gasteiger partial charge in [-0.2, -0.15) is 0 Å². The van der Waals surface area contributed by atoms with Gasteiger partial charge in [0.2, 0.25) is 5.82 Å². The minimum absolute atomic E-state index is 0.0237. The number of nitrogens with one attached hydrogen (secondary N) is 2. The number of carbonyl (C=O) groups is 1.